The van der Waals surface area contributed by atoms with Crippen molar-refractivity contribution in [3.8, 4) is 5.75 Å². The van der Waals surface area contributed by atoms with E-state index in [1.807, 2.05) is 12.1 Å². The fourth-order valence-electron chi connectivity index (χ4n) is 2.83. The van der Waals surface area contributed by atoms with Crippen molar-refractivity contribution in [2.45, 2.75) is 25.7 Å². The van der Waals surface area contributed by atoms with Gasteiger partial charge in [0.05, 0.1) is 0 Å². The molecule has 3 heteroatoms. The summed E-state index contributed by atoms with van der Waals surface area (Å²) in [4.78, 5) is 4.59. The Bertz CT molecular complexity index is 562. The smallest absolute Gasteiger partial charge is 0.141 e. The number of phenols is 1. The van der Waals surface area contributed by atoms with Crippen LogP contribution < -0.4 is 5.32 Å². The van der Waals surface area contributed by atoms with Crippen LogP contribution in [0.3, 0.4) is 0 Å². The molecule has 3 nitrogen and oxygen atoms in total. The van der Waals surface area contributed by atoms with Gasteiger partial charge in [-0.25, -0.2) is 4.98 Å². The van der Waals surface area contributed by atoms with Crippen LogP contribution in [0.1, 0.15) is 25.0 Å². The Kier molecular flexibility index (Phi) is 3.65. The van der Waals surface area contributed by atoms with E-state index in [4.69, 9.17) is 0 Å². The lowest BCUT2D eigenvalue weighted by atomic mass is 9.92. The zero-order valence-corrected chi connectivity index (χ0v) is 11.1. The Morgan fingerprint density at radius 2 is 2.00 bits per heavy atom. The van der Waals surface area contributed by atoms with Gasteiger partial charge in [-0.15, -0.1) is 0 Å². The van der Waals surface area contributed by atoms with Crippen molar-refractivity contribution in [2.24, 2.45) is 5.92 Å². The van der Waals surface area contributed by atoms with Crippen molar-refractivity contribution in [3.05, 3.63) is 36.0 Å². The summed E-state index contributed by atoms with van der Waals surface area (Å²) in [5.41, 5.74) is 1.82. The van der Waals surface area contributed by atoms with Crippen LogP contribution in [0.5, 0.6) is 5.75 Å². The van der Waals surface area contributed by atoms with E-state index in [0.29, 0.717) is 0 Å². The van der Waals surface area contributed by atoms with Gasteiger partial charge in [0.15, 0.2) is 0 Å². The number of phenolic OH excluding ortho intramolecular Hbond substituents is 1. The van der Waals surface area contributed by atoms with Gasteiger partial charge in [0.25, 0.3) is 0 Å². The summed E-state index contributed by atoms with van der Waals surface area (Å²) in [7, 11) is 0. The van der Waals surface area contributed by atoms with Gasteiger partial charge in [-0.1, -0.05) is 18.2 Å². The highest BCUT2D eigenvalue weighted by atomic mass is 16.3. The molecule has 1 aromatic heterocycles. The molecule has 1 aliphatic rings. The number of hydrogen-bond donors (Lipinski definition) is 2. The summed E-state index contributed by atoms with van der Waals surface area (Å²) in [6, 6.07) is 9.68. The van der Waals surface area contributed by atoms with Gasteiger partial charge >= 0.3 is 0 Å². The molecule has 0 aliphatic carbocycles. The van der Waals surface area contributed by atoms with E-state index in [9.17, 15) is 5.11 Å². The zero-order valence-electron chi connectivity index (χ0n) is 11.1. The Labute approximate surface area is 113 Å². The number of aromatic hydroxyl groups is 1. The lowest BCUT2D eigenvalue weighted by Crippen LogP contribution is -2.27. The van der Waals surface area contributed by atoms with Gasteiger partial charge in [0, 0.05) is 11.1 Å². The number of para-hydroxylation sites is 1. The van der Waals surface area contributed by atoms with E-state index in [2.05, 4.69) is 22.4 Å². The topological polar surface area (TPSA) is 45.1 Å². The summed E-state index contributed by atoms with van der Waals surface area (Å²) in [6.07, 6.45) is 4.76. The first kappa shape index (κ1) is 12.4. The number of fused-ring (bicyclic) bond motifs is 1. The van der Waals surface area contributed by atoms with Gasteiger partial charge in [0.2, 0.25) is 0 Å². The molecule has 0 atom stereocenters. The predicted molar refractivity (Wildman–Crippen MR) is 77.3 cm³/mol. The minimum atomic E-state index is 0.279. The molecule has 3 rings (SSSR count). The number of nitrogens with zero attached hydrogens (tertiary/aromatic N) is 1. The van der Waals surface area contributed by atoms with Crippen molar-refractivity contribution >= 4 is 10.9 Å². The largest absolute Gasteiger partial charge is 0.506 e. The quantitative estimate of drug-likeness (QED) is 0.887. The highest BCUT2D eigenvalue weighted by molar-refractivity contribution is 5.84. The number of rotatable bonds is 3. The van der Waals surface area contributed by atoms with Crippen LogP contribution in [0.15, 0.2) is 30.3 Å². The zero-order chi connectivity index (χ0) is 13.1. The van der Waals surface area contributed by atoms with Crippen LogP contribution in [0.4, 0.5) is 0 Å². The fourth-order valence-corrected chi connectivity index (χ4v) is 2.83. The molecular formula is C16H20N2O. The first-order valence-electron chi connectivity index (χ1n) is 7.11. The van der Waals surface area contributed by atoms with E-state index in [1.165, 1.54) is 19.3 Å². The lowest BCUT2D eigenvalue weighted by molar-refractivity contribution is 0.353. The minimum absolute atomic E-state index is 0.279. The summed E-state index contributed by atoms with van der Waals surface area (Å²) in [5.74, 6) is 1.10. The maximum absolute atomic E-state index is 9.84. The van der Waals surface area contributed by atoms with Crippen LogP contribution in [-0.4, -0.2) is 23.2 Å². The molecule has 0 amide bonds. The molecule has 0 saturated carbocycles. The molecule has 1 aliphatic heterocycles. The summed E-state index contributed by atoms with van der Waals surface area (Å²) >= 11 is 0. The van der Waals surface area contributed by atoms with Crippen LogP contribution in [-0.2, 0) is 6.42 Å². The van der Waals surface area contributed by atoms with Crippen molar-refractivity contribution in [1.29, 1.82) is 0 Å². The standard InChI is InChI=1S/C16H20N2O/c19-15-3-1-2-13-5-7-14(18-16(13)15)6-4-12-8-10-17-11-9-12/h1-3,5,7,12,17,19H,4,6,8-11H2. The molecule has 19 heavy (non-hydrogen) atoms. The van der Waals surface area contributed by atoms with E-state index in [0.717, 1.165) is 42.0 Å². The van der Waals surface area contributed by atoms with Gasteiger partial charge in [0.1, 0.15) is 11.3 Å². The van der Waals surface area contributed by atoms with Crippen molar-refractivity contribution in [3.63, 3.8) is 0 Å². The first-order chi connectivity index (χ1) is 9.33. The Morgan fingerprint density at radius 1 is 1.16 bits per heavy atom. The summed E-state index contributed by atoms with van der Waals surface area (Å²) < 4.78 is 0. The molecule has 0 bridgehead atoms. The second kappa shape index (κ2) is 5.57. The average Bonchev–Trinajstić information content (AvgIpc) is 2.47. The summed E-state index contributed by atoms with van der Waals surface area (Å²) in [6.45, 7) is 2.30. The lowest BCUT2D eigenvalue weighted by Gasteiger charge is -2.22. The SMILES string of the molecule is Oc1cccc2ccc(CCC3CCNCC3)nc12. The number of hydrogen-bond acceptors (Lipinski definition) is 3. The molecule has 100 valence electrons. The third kappa shape index (κ3) is 2.87. The third-order valence-corrected chi connectivity index (χ3v) is 4.02. The Morgan fingerprint density at radius 3 is 2.84 bits per heavy atom. The van der Waals surface area contributed by atoms with E-state index >= 15 is 0 Å². The van der Waals surface area contributed by atoms with Crippen LogP contribution >= 0.6 is 0 Å². The molecule has 2 heterocycles. The molecule has 2 aromatic rings. The highest BCUT2D eigenvalue weighted by Gasteiger charge is 2.13. The number of aromatic nitrogens is 1. The third-order valence-electron chi connectivity index (χ3n) is 4.02. The molecule has 1 fully saturated rings. The fraction of sp³-hybridized carbons (Fsp3) is 0.438. The molecule has 1 saturated heterocycles. The van der Waals surface area contributed by atoms with E-state index < -0.39 is 0 Å². The number of pyridine rings is 1. The second-order valence-electron chi connectivity index (χ2n) is 5.38. The number of aryl methyl sites for hydroxylation is 1. The number of nitrogens with one attached hydrogen (secondary N) is 1. The normalized spacial score (nSPS) is 16.8. The average molecular weight is 256 g/mol. The van der Waals surface area contributed by atoms with Crippen molar-refractivity contribution in [2.75, 3.05) is 13.1 Å². The minimum Gasteiger partial charge on any atom is -0.506 e. The molecule has 2 N–H and O–H groups in total. The predicted octanol–water partition coefficient (Wildman–Crippen LogP) is 2.87. The van der Waals surface area contributed by atoms with Crippen molar-refractivity contribution in [1.82, 2.24) is 10.3 Å². The van der Waals surface area contributed by atoms with Crippen LogP contribution in [0.25, 0.3) is 10.9 Å². The van der Waals surface area contributed by atoms with E-state index in [-0.39, 0.29) is 5.75 Å². The Hall–Kier alpha value is -1.61. The first-order valence-corrected chi connectivity index (χ1v) is 7.11. The highest BCUT2D eigenvalue weighted by Crippen LogP contribution is 2.24. The second-order valence-corrected chi connectivity index (χ2v) is 5.38. The van der Waals surface area contributed by atoms with Gasteiger partial charge in [-0.2, -0.15) is 0 Å². The number of benzene rings is 1. The maximum Gasteiger partial charge on any atom is 0.141 e. The number of piperidine rings is 1. The van der Waals surface area contributed by atoms with Gasteiger partial charge in [-0.05, 0) is 56.8 Å². The molecular weight excluding hydrogens is 236 g/mol. The van der Waals surface area contributed by atoms with Gasteiger partial charge < -0.3 is 10.4 Å². The van der Waals surface area contributed by atoms with Crippen molar-refractivity contribution < 1.29 is 5.11 Å². The van der Waals surface area contributed by atoms with E-state index in [1.54, 1.807) is 6.07 Å². The summed E-state index contributed by atoms with van der Waals surface area (Å²) in [5, 5.41) is 14.2. The van der Waals surface area contributed by atoms with Crippen LogP contribution in [0, 0.1) is 5.92 Å². The molecule has 0 unspecified atom stereocenters. The van der Waals surface area contributed by atoms with Crippen LogP contribution in [0.2, 0.25) is 0 Å². The maximum atomic E-state index is 9.84. The molecule has 0 radical (unpaired) electrons. The molecule has 0 spiro atoms. The monoisotopic (exact) mass is 256 g/mol. The Balaban J connectivity index is 1.72. The van der Waals surface area contributed by atoms with Gasteiger partial charge in [-0.3, -0.25) is 0 Å². The molecule has 1 aromatic carbocycles.